The van der Waals surface area contributed by atoms with E-state index in [0.717, 1.165) is 4.90 Å². The Hall–Kier alpha value is -3.46. The normalized spacial score (nSPS) is 20.8. The molecule has 0 unspecified atom stereocenters. The molecule has 2 aromatic rings. The van der Waals surface area contributed by atoms with E-state index in [4.69, 9.17) is 9.47 Å². The number of hydrogen-bond donors (Lipinski definition) is 2. The second-order valence-corrected chi connectivity index (χ2v) is 7.11. The number of halogens is 1. The molecule has 0 spiro atoms. The molecule has 2 aliphatic heterocycles. The summed E-state index contributed by atoms with van der Waals surface area (Å²) in [4.78, 5) is 37.5. The van der Waals surface area contributed by atoms with E-state index >= 15 is 0 Å². The minimum Gasteiger partial charge on any atom is -0.497 e. The Morgan fingerprint density at radius 3 is 2.73 bits per heavy atom. The lowest BCUT2D eigenvalue weighted by molar-refractivity contribution is -0.168. The molecule has 9 heteroatoms. The van der Waals surface area contributed by atoms with Crippen LogP contribution in [0, 0.1) is 5.82 Å². The first-order chi connectivity index (χ1) is 14.3. The molecule has 1 saturated heterocycles. The molecule has 2 aromatic carbocycles. The van der Waals surface area contributed by atoms with Crippen LogP contribution in [0.15, 0.2) is 36.4 Å². The van der Waals surface area contributed by atoms with E-state index in [1.807, 2.05) is 0 Å². The molecule has 8 nitrogen and oxygen atoms in total. The van der Waals surface area contributed by atoms with Crippen LogP contribution in [0.2, 0.25) is 0 Å². The Kier molecular flexibility index (Phi) is 4.90. The average molecular weight is 414 g/mol. The molecule has 1 fully saturated rings. The van der Waals surface area contributed by atoms with E-state index in [9.17, 15) is 23.9 Å². The number of carbonyl (C=O) groups is 3. The highest BCUT2D eigenvalue weighted by atomic mass is 19.1. The summed E-state index contributed by atoms with van der Waals surface area (Å²) in [6.07, 6.45) is -0.271. The SMILES string of the molecule is COc1ccc(COc2cccc3c2CN([C@]2(O)CCC(=O)NC2=O)C3=O)c(F)c1. The van der Waals surface area contributed by atoms with Gasteiger partial charge in [-0.05, 0) is 24.3 Å². The fourth-order valence-corrected chi connectivity index (χ4v) is 3.61. The second-order valence-electron chi connectivity index (χ2n) is 7.11. The molecular weight excluding hydrogens is 395 g/mol. The van der Waals surface area contributed by atoms with Gasteiger partial charge in [-0.3, -0.25) is 24.6 Å². The monoisotopic (exact) mass is 414 g/mol. The number of benzene rings is 2. The van der Waals surface area contributed by atoms with Crippen LogP contribution >= 0.6 is 0 Å². The largest absolute Gasteiger partial charge is 0.497 e. The molecule has 156 valence electrons. The van der Waals surface area contributed by atoms with Crippen molar-refractivity contribution in [2.75, 3.05) is 7.11 Å². The van der Waals surface area contributed by atoms with Crippen LogP contribution in [0.1, 0.15) is 34.3 Å². The summed E-state index contributed by atoms with van der Waals surface area (Å²) >= 11 is 0. The third-order valence-corrected chi connectivity index (χ3v) is 5.33. The molecule has 3 amide bonds. The number of amides is 3. The molecule has 2 N–H and O–H groups in total. The van der Waals surface area contributed by atoms with Gasteiger partial charge in [-0.15, -0.1) is 0 Å². The smallest absolute Gasteiger partial charge is 0.279 e. The maximum atomic E-state index is 14.2. The number of ether oxygens (including phenoxy) is 2. The van der Waals surface area contributed by atoms with Crippen molar-refractivity contribution in [2.24, 2.45) is 0 Å². The highest BCUT2D eigenvalue weighted by Crippen LogP contribution is 2.37. The number of nitrogens with zero attached hydrogens (tertiary/aromatic N) is 1. The van der Waals surface area contributed by atoms with Gasteiger partial charge < -0.3 is 14.6 Å². The Labute approximate surface area is 171 Å². The highest BCUT2D eigenvalue weighted by molar-refractivity contribution is 6.06. The van der Waals surface area contributed by atoms with Crippen molar-refractivity contribution in [3.05, 3.63) is 58.9 Å². The number of fused-ring (bicyclic) bond motifs is 1. The second kappa shape index (κ2) is 7.42. The minimum absolute atomic E-state index is 0.0758. The Balaban J connectivity index is 1.56. The summed E-state index contributed by atoms with van der Waals surface area (Å²) in [7, 11) is 1.44. The van der Waals surface area contributed by atoms with E-state index in [1.165, 1.54) is 13.2 Å². The van der Waals surface area contributed by atoms with Gasteiger partial charge in [0.05, 0.1) is 13.7 Å². The number of piperidine rings is 1. The van der Waals surface area contributed by atoms with Crippen LogP contribution in [-0.4, -0.2) is 40.6 Å². The number of aliphatic hydroxyl groups is 1. The molecule has 0 radical (unpaired) electrons. The zero-order chi connectivity index (χ0) is 21.5. The molecule has 0 bridgehead atoms. The lowest BCUT2D eigenvalue weighted by atomic mass is 10.00. The minimum atomic E-state index is -2.12. The summed E-state index contributed by atoms with van der Waals surface area (Å²) in [5, 5.41) is 12.9. The van der Waals surface area contributed by atoms with Gasteiger partial charge in [-0.25, -0.2) is 4.39 Å². The lowest BCUT2D eigenvalue weighted by Gasteiger charge is -2.37. The van der Waals surface area contributed by atoms with Crippen LogP contribution in [0.25, 0.3) is 0 Å². The zero-order valence-electron chi connectivity index (χ0n) is 16.1. The number of imide groups is 1. The summed E-state index contributed by atoms with van der Waals surface area (Å²) < 4.78 is 24.9. The third kappa shape index (κ3) is 3.26. The Morgan fingerprint density at radius 1 is 1.23 bits per heavy atom. The van der Waals surface area contributed by atoms with Crippen molar-refractivity contribution < 1.29 is 33.4 Å². The van der Waals surface area contributed by atoms with Gasteiger partial charge >= 0.3 is 0 Å². The van der Waals surface area contributed by atoms with Gasteiger partial charge in [0.25, 0.3) is 11.8 Å². The van der Waals surface area contributed by atoms with Gasteiger partial charge in [0.1, 0.15) is 23.9 Å². The van der Waals surface area contributed by atoms with Crippen molar-refractivity contribution in [2.45, 2.75) is 31.7 Å². The van der Waals surface area contributed by atoms with E-state index in [2.05, 4.69) is 5.32 Å². The van der Waals surface area contributed by atoms with Crippen molar-refractivity contribution in [1.82, 2.24) is 10.2 Å². The maximum absolute atomic E-state index is 14.2. The first kappa shape index (κ1) is 19.8. The molecular formula is C21H19FN2O6. The predicted molar refractivity (Wildman–Crippen MR) is 101 cm³/mol. The average Bonchev–Trinajstić information content (AvgIpc) is 3.08. The fraction of sp³-hybridized carbons (Fsp3) is 0.286. The third-order valence-electron chi connectivity index (χ3n) is 5.33. The van der Waals surface area contributed by atoms with Crippen LogP contribution in [0.5, 0.6) is 11.5 Å². The molecule has 0 aliphatic carbocycles. The summed E-state index contributed by atoms with van der Waals surface area (Å²) in [6, 6.07) is 9.20. The molecule has 30 heavy (non-hydrogen) atoms. The van der Waals surface area contributed by atoms with Crippen molar-refractivity contribution in [1.29, 1.82) is 0 Å². The first-order valence-electron chi connectivity index (χ1n) is 9.29. The number of rotatable bonds is 5. The number of hydrogen-bond acceptors (Lipinski definition) is 6. The standard InChI is InChI=1S/C21H19FN2O6/c1-29-13-6-5-12(16(22)9-13)11-30-17-4-2-3-14-15(17)10-24(19(14)26)21(28)8-7-18(25)23-20(21)27/h2-6,9,28H,7-8,10-11H2,1H3,(H,23,25,27)/t21-/m0/s1. The highest BCUT2D eigenvalue weighted by Gasteiger charge is 2.51. The predicted octanol–water partition coefficient (Wildman–Crippen LogP) is 1.49. The molecule has 4 rings (SSSR count). The van der Waals surface area contributed by atoms with Crippen LogP contribution < -0.4 is 14.8 Å². The van der Waals surface area contributed by atoms with E-state index in [-0.39, 0.29) is 31.6 Å². The number of nitrogens with one attached hydrogen (secondary N) is 1. The molecule has 2 heterocycles. The summed E-state index contributed by atoms with van der Waals surface area (Å²) in [5.74, 6) is -1.73. The summed E-state index contributed by atoms with van der Waals surface area (Å²) in [6.45, 7) is -0.159. The molecule has 1 atom stereocenters. The van der Waals surface area contributed by atoms with Gasteiger partial charge in [-0.1, -0.05) is 6.07 Å². The first-order valence-corrected chi connectivity index (χ1v) is 9.29. The molecule has 0 saturated carbocycles. The van der Waals surface area contributed by atoms with E-state index in [0.29, 0.717) is 22.6 Å². The van der Waals surface area contributed by atoms with Crippen LogP contribution in [0.3, 0.4) is 0 Å². The van der Waals surface area contributed by atoms with Crippen molar-refractivity contribution in [3.63, 3.8) is 0 Å². The van der Waals surface area contributed by atoms with Crippen molar-refractivity contribution >= 4 is 17.7 Å². The number of methoxy groups -OCH3 is 1. The summed E-state index contributed by atoms with van der Waals surface area (Å²) in [5.41, 5.74) is -1.06. The van der Waals surface area contributed by atoms with Crippen LogP contribution in [0.4, 0.5) is 4.39 Å². The zero-order valence-corrected chi connectivity index (χ0v) is 16.1. The van der Waals surface area contributed by atoms with Gasteiger partial charge in [0.15, 0.2) is 0 Å². The lowest BCUT2D eigenvalue weighted by Crippen LogP contribution is -2.63. The van der Waals surface area contributed by atoms with Crippen LogP contribution in [-0.2, 0) is 22.7 Å². The van der Waals surface area contributed by atoms with E-state index < -0.39 is 29.3 Å². The quantitative estimate of drug-likeness (QED) is 0.719. The maximum Gasteiger partial charge on any atom is 0.279 e. The van der Waals surface area contributed by atoms with Gasteiger partial charge in [-0.2, -0.15) is 0 Å². The van der Waals surface area contributed by atoms with Gasteiger partial charge in [0, 0.05) is 35.6 Å². The number of carbonyl (C=O) groups excluding carboxylic acids is 3. The fourth-order valence-electron chi connectivity index (χ4n) is 3.61. The topological polar surface area (TPSA) is 105 Å². The van der Waals surface area contributed by atoms with Gasteiger partial charge in [0.2, 0.25) is 11.6 Å². The Bertz CT molecular complexity index is 1060. The van der Waals surface area contributed by atoms with E-state index in [1.54, 1.807) is 30.3 Å². The Morgan fingerprint density at radius 2 is 2.03 bits per heavy atom. The van der Waals surface area contributed by atoms with Crippen molar-refractivity contribution in [3.8, 4) is 11.5 Å². The molecule has 0 aromatic heterocycles. The molecule has 2 aliphatic rings.